The summed E-state index contributed by atoms with van der Waals surface area (Å²) < 4.78 is 27.3. The lowest BCUT2D eigenvalue weighted by atomic mass is 9.99. The van der Waals surface area contributed by atoms with Gasteiger partial charge in [-0.05, 0) is 62.8 Å². The van der Waals surface area contributed by atoms with E-state index in [1.54, 1.807) is 0 Å². The zero-order valence-electron chi connectivity index (χ0n) is 13.5. The number of carbonyl (C=O) groups is 1. The summed E-state index contributed by atoms with van der Waals surface area (Å²) in [6, 6.07) is 1.99. The van der Waals surface area contributed by atoms with Gasteiger partial charge in [0.1, 0.15) is 0 Å². The van der Waals surface area contributed by atoms with E-state index in [1.165, 1.54) is 4.31 Å². The highest BCUT2D eigenvalue weighted by molar-refractivity contribution is 7.89. The summed E-state index contributed by atoms with van der Waals surface area (Å²) in [7, 11) is -3.60. The van der Waals surface area contributed by atoms with E-state index in [9.17, 15) is 18.3 Å². The van der Waals surface area contributed by atoms with Gasteiger partial charge in [0.25, 0.3) is 0 Å². The molecule has 1 saturated heterocycles. The molecule has 5 nitrogen and oxygen atoms in total. The van der Waals surface area contributed by atoms with Crippen LogP contribution in [-0.4, -0.2) is 31.8 Å². The fourth-order valence-electron chi connectivity index (χ4n) is 3.03. The van der Waals surface area contributed by atoms with Gasteiger partial charge < -0.3 is 9.90 Å². The van der Waals surface area contributed by atoms with E-state index in [0.29, 0.717) is 17.7 Å². The first-order chi connectivity index (χ1) is 10.2. The van der Waals surface area contributed by atoms with Crippen molar-refractivity contribution in [3.05, 3.63) is 28.3 Å². The summed E-state index contributed by atoms with van der Waals surface area (Å²) in [4.78, 5) is 11.3. The maximum atomic E-state index is 13.0. The molecule has 0 amide bonds. The topological polar surface area (TPSA) is 77.5 Å². The van der Waals surface area contributed by atoms with Crippen LogP contribution in [0, 0.1) is 33.6 Å². The molecule has 0 aromatic heterocycles. The Kier molecular flexibility index (Phi) is 4.63. The molecular weight excluding hydrogens is 302 g/mol. The Morgan fingerprint density at radius 1 is 1.09 bits per heavy atom. The zero-order valence-corrected chi connectivity index (χ0v) is 14.3. The van der Waals surface area contributed by atoms with Gasteiger partial charge in [-0.3, -0.25) is 0 Å². The number of aliphatic carboxylic acids is 1. The number of benzene rings is 1. The molecule has 1 heterocycles. The van der Waals surface area contributed by atoms with Gasteiger partial charge in [0.15, 0.2) is 0 Å². The first-order valence-corrected chi connectivity index (χ1v) is 8.88. The third-order valence-electron chi connectivity index (χ3n) is 4.68. The van der Waals surface area contributed by atoms with E-state index in [1.807, 2.05) is 33.8 Å². The average Bonchev–Trinajstić information content (AvgIpc) is 2.45. The van der Waals surface area contributed by atoms with Crippen LogP contribution < -0.4 is 5.11 Å². The lowest BCUT2D eigenvalue weighted by Gasteiger charge is -2.32. The van der Waals surface area contributed by atoms with E-state index in [2.05, 4.69) is 0 Å². The third-order valence-corrected chi connectivity index (χ3v) is 6.86. The summed E-state index contributed by atoms with van der Waals surface area (Å²) in [5.74, 6) is -1.64. The normalized spacial score (nSPS) is 17.6. The quantitative estimate of drug-likeness (QED) is 0.833. The Balaban J connectivity index is 2.39. The van der Waals surface area contributed by atoms with Crippen LogP contribution in [0.4, 0.5) is 0 Å². The van der Waals surface area contributed by atoms with Gasteiger partial charge >= 0.3 is 0 Å². The molecule has 0 aliphatic carbocycles. The molecule has 22 heavy (non-hydrogen) atoms. The smallest absolute Gasteiger partial charge is 0.243 e. The Bertz CT molecular complexity index is 675. The van der Waals surface area contributed by atoms with Gasteiger partial charge in [0.2, 0.25) is 10.0 Å². The number of carboxylic acids is 1. The Labute approximate surface area is 132 Å². The standard InChI is InChI=1S/C16H23NO4S/c1-10-9-11(2)13(4)15(12(10)3)22(20,21)17-7-5-14(6-8-17)16(18)19/h9,14H,5-8H2,1-4H3,(H,18,19)/p-1. The Hall–Kier alpha value is -1.40. The second kappa shape index (κ2) is 6.01. The minimum atomic E-state index is -3.60. The highest BCUT2D eigenvalue weighted by Crippen LogP contribution is 2.30. The maximum Gasteiger partial charge on any atom is 0.243 e. The van der Waals surface area contributed by atoms with E-state index in [-0.39, 0.29) is 13.1 Å². The van der Waals surface area contributed by atoms with Gasteiger partial charge in [0.05, 0.1) is 4.90 Å². The number of aryl methyl sites for hydroxylation is 2. The van der Waals surface area contributed by atoms with Gasteiger partial charge in [-0.25, -0.2) is 8.42 Å². The number of piperidine rings is 1. The number of nitrogens with zero attached hydrogens (tertiary/aromatic N) is 1. The average molecular weight is 324 g/mol. The molecule has 122 valence electrons. The van der Waals surface area contributed by atoms with Crippen LogP contribution in [0.1, 0.15) is 35.1 Å². The van der Waals surface area contributed by atoms with Gasteiger partial charge in [-0.2, -0.15) is 4.31 Å². The van der Waals surface area contributed by atoms with Crippen LogP contribution in [0.2, 0.25) is 0 Å². The van der Waals surface area contributed by atoms with E-state index >= 15 is 0 Å². The van der Waals surface area contributed by atoms with Crippen molar-refractivity contribution < 1.29 is 18.3 Å². The fraction of sp³-hybridized carbons (Fsp3) is 0.562. The summed E-state index contributed by atoms with van der Waals surface area (Å²) in [6.07, 6.45) is 0.620. The molecule has 6 heteroatoms. The first kappa shape index (κ1) is 17.0. The maximum absolute atomic E-state index is 13.0. The molecule has 1 aromatic rings. The monoisotopic (exact) mass is 324 g/mol. The molecule has 1 aromatic carbocycles. The first-order valence-electron chi connectivity index (χ1n) is 7.44. The molecule has 0 unspecified atom stereocenters. The molecule has 1 fully saturated rings. The van der Waals surface area contributed by atoms with Gasteiger partial charge in [0, 0.05) is 25.0 Å². The highest BCUT2D eigenvalue weighted by Gasteiger charge is 2.32. The molecule has 0 spiro atoms. The number of rotatable bonds is 3. The fourth-order valence-corrected chi connectivity index (χ4v) is 5.07. The minimum Gasteiger partial charge on any atom is -0.550 e. The van der Waals surface area contributed by atoms with Crippen molar-refractivity contribution in [1.29, 1.82) is 0 Å². The number of hydrogen-bond donors (Lipinski definition) is 0. The molecule has 0 saturated carbocycles. The van der Waals surface area contributed by atoms with E-state index in [0.717, 1.165) is 22.3 Å². The lowest BCUT2D eigenvalue weighted by molar-refractivity contribution is -0.312. The number of sulfonamides is 1. The molecular formula is C16H22NO4S-. The van der Waals surface area contributed by atoms with Gasteiger partial charge in [-0.15, -0.1) is 0 Å². The predicted octanol–water partition coefficient (Wildman–Crippen LogP) is 1.07. The second-order valence-corrected chi connectivity index (χ2v) is 7.96. The van der Waals surface area contributed by atoms with Crippen LogP contribution in [-0.2, 0) is 14.8 Å². The molecule has 1 aliphatic rings. The summed E-state index contributed by atoms with van der Waals surface area (Å²) in [6.45, 7) is 7.91. The number of carbonyl (C=O) groups excluding carboxylic acids is 1. The largest absolute Gasteiger partial charge is 0.550 e. The van der Waals surface area contributed by atoms with Crippen molar-refractivity contribution in [2.24, 2.45) is 5.92 Å². The molecule has 2 rings (SSSR count). The van der Waals surface area contributed by atoms with E-state index < -0.39 is 21.9 Å². The van der Waals surface area contributed by atoms with Crippen LogP contribution in [0.15, 0.2) is 11.0 Å². The summed E-state index contributed by atoms with van der Waals surface area (Å²) in [5.41, 5.74) is 3.44. The van der Waals surface area contributed by atoms with E-state index in [4.69, 9.17) is 0 Å². The summed E-state index contributed by atoms with van der Waals surface area (Å²) >= 11 is 0. The number of carboxylic acid groups (broad SMARTS) is 1. The Morgan fingerprint density at radius 2 is 1.55 bits per heavy atom. The van der Waals surface area contributed by atoms with Crippen LogP contribution in [0.5, 0.6) is 0 Å². The van der Waals surface area contributed by atoms with Crippen molar-refractivity contribution in [3.63, 3.8) is 0 Å². The highest BCUT2D eigenvalue weighted by atomic mass is 32.2. The molecule has 0 radical (unpaired) electrons. The zero-order chi connectivity index (χ0) is 16.7. The predicted molar refractivity (Wildman–Crippen MR) is 81.9 cm³/mol. The van der Waals surface area contributed by atoms with Crippen molar-refractivity contribution in [2.45, 2.75) is 45.4 Å². The lowest BCUT2D eigenvalue weighted by Crippen LogP contribution is -2.43. The number of hydrogen-bond acceptors (Lipinski definition) is 4. The second-order valence-electron chi connectivity index (χ2n) is 6.09. The van der Waals surface area contributed by atoms with Crippen LogP contribution in [0.3, 0.4) is 0 Å². The van der Waals surface area contributed by atoms with Crippen LogP contribution in [0.25, 0.3) is 0 Å². The minimum absolute atomic E-state index is 0.229. The molecule has 0 atom stereocenters. The molecule has 1 aliphatic heterocycles. The van der Waals surface area contributed by atoms with Crippen LogP contribution >= 0.6 is 0 Å². The van der Waals surface area contributed by atoms with Crippen molar-refractivity contribution in [3.8, 4) is 0 Å². The SMILES string of the molecule is Cc1cc(C)c(C)c(S(=O)(=O)N2CCC(C(=O)[O-])CC2)c1C. The Morgan fingerprint density at radius 3 is 1.95 bits per heavy atom. The molecule has 0 N–H and O–H groups in total. The molecule has 0 bridgehead atoms. The third kappa shape index (κ3) is 2.90. The van der Waals surface area contributed by atoms with Crippen molar-refractivity contribution in [1.82, 2.24) is 4.31 Å². The summed E-state index contributed by atoms with van der Waals surface area (Å²) in [5, 5.41) is 10.9. The van der Waals surface area contributed by atoms with Crippen molar-refractivity contribution >= 4 is 16.0 Å². The van der Waals surface area contributed by atoms with Gasteiger partial charge in [-0.1, -0.05) is 6.07 Å². The van der Waals surface area contributed by atoms with Crippen molar-refractivity contribution in [2.75, 3.05) is 13.1 Å².